The molecule has 0 heterocycles. The van der Waals surface area contributed by atoms with E-state index in [0.717, 1.165) is 12.1 Å². The summed E-state index contributed by atoms with van der Waals surface area (Å²) < 4.78 is 0. The van der Waals surface area contributed by atoms with Crippen molar-refractivity contribution < 1.29 is 4.79 Å². The molecule has 0 fully saturated rings. The Balaban J connectivity index is 1.81. The first-order valence-electron chi connectivity index (χ1n) is 7.70. The van der Waals surface area contributed by atoms with Crippen LogP contribution < -0.4 is 5.32 Å². The Morgan fingerprint density at radius 2 is 1.83 bits per heavy atom. The number of aryl methyl sites for hydroxylation is 2. The van der Waals surface area contributed by atoms with E-state index in [1.807, 2.05) is 36.2 Å². The fraction of sp³-hybridized carbons (Fsp3) is 0.316. The third-order valence-corrected chi connectivity index (χ3v) is 4.01. The van der Waals surface area contributed by atoms with Gasteiger partial charge in [-0.25, -0.2) is 0 Å². The fourth-order valence-corrected chi connectivity index (χ4v) is 2.60. The molecular formula is C19H23ClN2O. The Hall–Kier alpha value is -1.84. The first kappa shape index (κ1) is 17.5. The van der Waals surface area contributed by atoms with Crippen molar-refractivity contribution in [2.45, 2.75) is 26.9 Å². The van der Waals surface area contributed by atoms with Crippen molar-refractivity contribution in [3.05, 3.63) is 69.7 Å². The number of amides is 1. The zero-order valence-corrected chi connectivity index (χ0v) is 14.7. The van der Waals surface area contributed by atoms with E-state index < -0.39 is 0 Å². The van der Waals surface area contributed by atoms with Gasteiger partial charge in [-0.1, -0.05) is 47.5 Å². The van der Waals surface area contributed by atoms with Crippen LogP contribution in [0.2, 0.25) is 5.02 Å². The summed E-state index contributed by atoms with van der Waals surface area (Å²) in [4.78, 5) is 14.1. The van der Waals surface area contributed by atoms with E-state index in [9.17, 15) is 4.79 Å². The number of hydrogen-bond acceptors (Lipinski definition) is 2. The molecule has 122 valence electrons. The zero-order valence-electron chi connectivity index (χ0n) is 13.9. The molecule has 0 aliphatic heterocycles. The summed E-state index contributed by atoms with van der Waals surface area (Å²) in [5.74, 6) is 0.0206. The van der Waals surface area contributed by atoms with E-state index in [-0.39, 0.29) is 5.91 Å². The molecule has 0 saturated carbocycles. The second kappa shape index (κ2) is 8.14. The maximum Gasteiger partial charge on any atom is 0.234 e. The lowest BCUT2D eigenvalue weighted by atomic mass is 10.1. The molecule has 0 spiro atoms. The largest absolute Gasteiger partial charge is 0.351 e. The first-order valence-corrected chi connectivity index (χ1v) is 8.07. The third-order valence-electron chi connectivity index (χ3n) is 3.75. The van der Waals surface area contributed by atoms with Crippen LogP contribution in [-0.4, -0.2) is 24.4 Å². The van der Waals surface area contributed by atoms with Gasteiger partial charge in [0, 0.05) is 18.1 Å². The zero-order chi connectivity index (χ0) is 16.8. The number of nitrogens with zero attached hydrogens (tertiary/aromatic N) is 1. The van der Waals surface area contributed by atoms with Crippen LogP contribution in [0.3, 0.4) is 0 Å². The molecule has 0 atom stereocenters. The van der Waals surface area contributed by atoms with Crippen molar-refractivity contribution in [2.75, 3.05) is 13.6 Å². The molecule has 3 nitrogen and oxygen atoms in total. The topological polar surface area (TPSA) is 32.3 Å². The Morgan fingerprint density at radius 1 is 1.13 bits per heavy atom. The molecule has 0 radical (unpaired) electrons. The maximum absolute atomic E-state index is 12.0. The fourth-order valence-electron chi connectivity index (χ4n) is 2.47. The van der Waals surface area contributed by atoms with Crippen LogP contribution in [-0.2, 0) is 17.9 Å². The highest BCUT2D eigenvalue weighted by Crippen LogP contribution is 2.12. The lowest BCUT2D eigenvalue weighted by Gasteiger charge is -2.18. The smallest absolute Gasteiger partial charge is 0.234 e. The van der Waals surface area contributed by atoms with Crippen LogP contribution in [0, 0.1) is 13.8 Å². The summed E-state index contributed by atoms with van der Waals surface area (Å²) in [6.45, 7) is 5.86. The highest BCUT2D eigenvalue weighted by molar-refractivity contribution is 6.30. The summed E-state index contributed by atoms with van der Waals surface area (Å²) in [6.07, 6.45) is 0. The predicted molar refractivity (Wildman–Crippen MR) is 95.5 cm³/mol. The third kappa shape index (κ3) is 5.70. The molecule has 0 unspecified atom stereocenters. The van der Waals surface area contributed by atoms with Gasteiger partial charge < -0.3 is 5.32 Å². The van der Waals surface area contributed by atoms with Crippen molar-refractivity contribution in [3.8, 4) is 0 Å². The minimum atomic E-state index is 0.0206. The standard InChI is InChI=1S/C19H23ClN2O/c1-14-4-7-17(15(2)10-14)12-22(3)13-19(23)21-11-16-5-8-18(20)9-6-16/h4-10H,11-13H2,1-3H3,(H,21,23). The Labute approximate surface area is 143 Å². The highest BCUT2D eigenvalue weighted by atomic mass is 35.5. The van der Waals surface area contributed by atoms with Gasteiger partial charge in [0.25, 0.3) is 0 Å². The van der Waals surface area contributed by atoms with Gasteiger partial charge in [0.2, 0.25) is 5.91 Å². The monoisotopic (exact) mass is 330 g/mol. The van der Waals surface area contributed by atoms with Crippen LogP contribution in [0.1, 0.15) is 22.3 Å². The molecule has 0 bridgehead atoms. The number of likely N-dealkylation sites (N-methyl/N-ethyl adjacent to an activating group) is 1. The van der Waals surface area contributed by atoms with E-state index in [4.69, 9.17) is 11.6 Å². The molecule has 0 aliphatic carbocycles. The average Bonchev–Trinajstić information content (AvgIpc) is 2.49. The predicted octanol–water partition coefficient (Wildman–Crippen LogP) is 3.71. The SMILES string of the molecule is Cc1ccc(CN(C)CC(=O)NCc2ccc(Cl)cc2)c(C)c1. The number of carbonyl (C=O) groups excluding carboxylic acids is 1. The van der Waals surface area contributed by atoms with E-state index in [1.165, 1.54) is 16.7 Å². The second-order valence-electron chi connectivity index (χ2n) is 6.01. The molecule has 23 heavy (non-hydrogen) atoms. The van der Waals surface area contributed by atoms with Crippen molar-refractivity contribution in [2.24, 2.45) is 0 Å². The van der Waals surface area contributed by atoms with Crippen LogP contribution in [0.5, 0.6) is 0 Å². The molecule has 0 aliphatic rings. The van der Waals surface area contributed by atoms with Gasteiger partial charge in [-0.2, -0.15) is 0 Å². The minimum absolute atomic E-state index is 0.0206. The number of nitrogens with one attached hydrogen (secondary N) is 1. The summed E-state index contributed by atoms with van der Waals surface area (Å²) in [6, 6.07) is 13.9. The normalized spacial score (nSPS) is 10.8. The van der Waals surface area contributed by atoms with Gasteiger partial charge in [-0.05, 0) is 49.7 Å². The number of benzene rings is 2. The van der Waals surface area contributed by atoms with Crippen molar-refractivity contribution in [1.82, 2.24) is 10.2 Å². The second-order valence-corrected chi connectivity index (χ2v) is 6.44. The molecule has 0 saturated heterocycles. The number of hydrogen-bond donors (Lipinski definition) is 1. The van der Waals surface area contributed by atoms with Crippen LogP contribution in [0.25, 0.3) is 0 Å². The van der Waals surface area contributed by atoms with Crippen LogP contribution >= 0.6 is 11.6 Å². The van der Waals surface area contributed by atoms with Gasteiger partial charge in [0.05, 0.1) is 6.54 Å². The van der Waals surface area contributed by atoms with Gasteiger partial charge in [0.15, 0.2) is 0 Å². The summed E-state index contributed by atoms with van der Waals surface area (Å²) in [5, 5.41) is 3.64. The quantitative estimate of drug-likeness (QED) is 0.875. The average molecular weight is 331 g/mol. The van der Waals surface area contributed by atoms with Gasteiger partial charge >= 0.3 is 0 Å². The number of carbonyl (C=O) groups is 1. The van der Waals surface area contributed by atoms with Crippen molar-refractivity contribution in [3.63, 3.8) is 0 Å². The summed E-state index contributed by atoms with van der Waals surface area (Å²) in [5.41, 5.74) is 4.82. The Bertz CT molecular complexity index is 668. The molecule has 1 N–H and O–H groups in total. The van der Waals surface area contributed by atoms with Crippen molar-refractivity contribution in [1.29, 1.82) is 0 Å². The minimum Gasteiger partial charge on any atom is -0.351 e. The molecule has 4 heteroatoms. The molecule has 2 rings (SSSR count). The van der Waals surface area contributed by atoms with Crippen molar-refractivity contribution >= 4 is 17.5 Å². The van der Waals surface area contributed by atoms with E-state index in [0.29, 0.717) is 18.1 Å². The summed E-state index contributed by atoms with van der Waals surface area (Å²) in [7, 11) is 1.96. The summed E-state index contributed by atoms with van der Waals surface area (Å²) >= 11 is 5.85. The van der Waals surface area contributed by atoms with E-state index >= 15 is 0 Å². The number of rotatable bonds is 6. The molecule has 2 aromatic rings. The lowest BCUT2D eigenvalue weighted by Crippen LogP contribution is -2.34. The van der Waals surface area contributed by atoms with Crippen LogP contribution in [0.4, 0.5) is 0 Å². The molecule has 0 aromatic heterocycles. The number of halogens is 1. The maximum atomic E-state index is 12.0. The van der Waals surface area contributed by atoms with Gasteiger partial charge in [-0.3, -0.25) is 9.69 Å². The Kier molecular flexibility index (Phi) is 6.20. The first-order chi connectivity index (χ1) is 10.9. The Morgan fingerprint density at radius 3 is 2.48 bits per heavy atom. The van der Waals surface area contributed by atoms with E-state index in [1.54, 1.807) is 0 Å². The van der Waals surface area contributed by atoms with E-state index in [2.05, 4.69) is 37.4 Å². The van der Waals surface area contributed by atoms with Gasteiger partial charge in [0.1, 0.15) is 0 Å². The lowest BCUT2D eigenvalue weighted by molar-refractivity contribution is -0.122. The highest BCUT2D eigenvalue weighted by Gasteiger charge is 2.08. The molecule has 2 aromatic carbocycles. The van der Waals surface area contributed by atoms with Gasteiger partial charge in [-0.15, -0.1) is 0 Å². The molecular weight excluding hydrogens is 308 g/mol. The van der Waals surface area contributed by atoms with Crippen LogP contribution in [0.15, 0.2) is 42.5 Å². The molecule has 1 amide bonds.